The highest BCUT2D eigenvalue weighted by molar-refractivity contribution is 8.45. The van der Waals surface area contributed by atoms with Crippen molar-refractivity contribution in [3.05, 3.63) is 34.5 Å². The first-order valence-electron chi connectivity index (χ1n) is 5.04. The van der Waals surface area contributed by atoms with Gasteiger partial charge in [0.15, 0.2) is 0 Å². The number of thioether (sulfide) groups is 2. The largest absolute Gasteiger partial charge is 0.496 e. The van der Waals surface area contributed by atoms with Gasteiger partial charge in [-0.05, 0) is 42.3 Å². The summed E-state index contributed by atoms with van der Waals surface area (Å²) in [6.45, 7) is 0. The fourth-order valence-corrected chi connectivity index (χ4v) is 2.88. The van der Waals surface area contributed by atoms with Gasteiger partial charge in [0.1, 0.15) is 15.8 Å². The van der Waals surface area contributed by atoms with Crippen LogP contribution >= 0.6 is 35.1 Å². The summed E-state index contributed by atoms with van der Waals surface area (Å²) < 4.78 is 5.98. The van der Waals surface area contributed by atoms with Gasteiger partial charge in [0, 0.05) is 10.6 Å². The van der Waals surface area contributed by atoms with Crippen LogP contribution in [0.2, 0.25) is 5.02 Å². The molecule has 0 aliphatic carbocycles. The van der Waals surface area contributed by atoms with Crippen molar-refractivity contribution >= 4 is 50.7 Å². The number of aliphatic imine (C=N–C) groups is 1. The van der Waals surface area contributed by atoms with Crippen molar-refractivity contribution in [1.29, 1.82) is 0 Å². The monoisotopic (exact) mass is 299 g/mol. The second-order valence-electron chi connectivity index (χ2n) is 3.39. The molecule has 3 nitrogen and oxygen atoms in total. The van der Waals surface area contributed by atoms with E-state index in [-0.39, 0.29) is 5.12 Å². The quantitative estimate of drug-likeness (QED) is 0.781. The van der Waals surface area contributed by atoms with Crippen LogP contribution in [0, 0.1) is 0 Å². The van der Waals surface area contributed by atoms with Gasteiger partial charge >= 0.3 is 0 Å². The van der Waals surface area contributed by atoms with Crippen LogP contribution in [0.3, 0.4) is 0 Å². The summed E-state index contributed by atoms with van der Waals surface area (Å²) in [5.74, 6) is 0.664. The third-order valence-electron chi connectivity index (χ3n) is 2.26. The van der Waals surface area contributed by atoms with Gasteiger partial charge < -0.3 is 4.74 Å². The summed E-state index contributed by atoms with van der Waals surface area (Å²) in [5.41, 5.74) is 1.17. The summed E-state index contributed by atoms with van der Waals surface area (Å²) >= 11 is 8.54. The minimum atomic E-state index is -0.0543. The molecule has 0 atom stereocenters. The Morgan fingerprint density at radius 3 is 2.89 bits per heavy atom. The highest BCUT2D eigenvalue weighted by Gasteiger charge is 2.21. The molecule has 1 aliphatic heterocycles. The number of nitrogens with zero attached hydrogens (tertiary/aromatic N) is 1. The Hall–Kier alpha value is -0.910. The number of carbonyl (C=O) groups excluding carboxylic acids is 1. The van der Waals surface area contributed by atoms with Gasteiger partial charge in [-0.2, -0.15) is 0 Å². The molecule has 0 N–H and O–H groups in total. The van der Waals surface area contributed by atoms with E-state index in [1.54, 1.807) is 31.4 Å². The smallest absolute Gasteiger partial charge is 0.244 e. The zero-order valence-electron chi connectivity index (χ0n) is 9.77. The van der Waals surface area contributed by atoms with Crippen LogP contribution in [0.4, 0.5) is 0 Å². The lowest BCUT2D eigenvalue weighted by Crippen LogP contribution is -1.91. The molecule has 0 saturated heterocycles. The average molecular weight is 300 g/mol. The first-order chi connectivity index (χ1) is 8.63. The highest BCUT2D eigenvalue weighted by Crippen LogP contribution is 2.32. The van der Waals surface area contributed by atoms with E-state index in [1.165, 1.54) is 11.8 Å². The first-order valence-corrected chi connectivity index (χ1v) is 7.46. The molecule has 0 aromatic heterocycles. The Morgan fingerprint density at radius 2 is 2.28 bits per heavy atom. The van der Waals surface area contributed by atoms with E-state index in [2.05, 4.69) is 4.99 Å². The van der Waals surface area contributed by atoms with Crippen molar-refractivity contribution in [3.63, 3.8) is 0 Å². The van der Waals surface area contributed by atoms with Gasteiger partial charge in [0.2, 0.25) is 5.12 Å². The molecule has 0 saturated carbocycles. The van der Waals surface area contributed by atoms with Crippen LogP contribution in [0.25, 0.3) is 6.08 Å². The Labute approximate surface area is 119 Å². The topological polar surface area (TPSA) is 38.7 Å². The zero-order valence-corrected chi connectivity index (χ0v) is 12.2. The Bertz CT molecular complexity index is 555. The van der Waals surface area contributed by atoms with Crippen molar-refractivity contribution in [2.24, 2.45) is 4.99 Å². The number of carbonyl (C=O) groups is 1. The molecule has 0 amide bonds. The third kappa shape index (κ3) is 2.91. The van der Waals surface area contributed by atoms with Crippen molar-refractivity contribution in [2.75, 3.05) is 13.4 Å². The lowest BCUT2D eigenvalue weighted by Gasteiger charge is -2.05. The number of rotatable bonds is 2. The van der Waals surface area contributed by atoms with E-state index in [0.717, 1.165) is 21.7 Å². The molecule has 1 aromatic rings. The van der Waals surface area contributed by atoms with Crippen molar-refractivity contribution in [2.45, 2.75) is 0 Å². The molecule has 6 heteroatoms. The standard InChI is InChI=1S/C12H10ClNO2S2/c1-16-10-4-3-8(13)5-7(10)6-9-11(15)18-12(14-9)17-2/h3-6H,1-2H3. The predicted octanol–water partition coefficient (Wildman–Crippen LogP) is 3.68. The normalized spacial score (nSPS) is 17.2. The molecule has 0 spiro atoms. The lowest BCUT2D eigenvalue weighted by atomic mass is 10.1. The molecular formula is C12H10ClNO2S2. The summed E-state index contributed by atoms with van der Waals surface area (Å²) in [5, 5.41) is 0.538. The predicted molar refractivity (Wildman–Crippen MR) is 79.5 cm³/mol. The van der Waals surface area contributed by atoms with E-state index in [1.807, 2.05) is 6.26 Å². The van der Waals surface area contributed by atoms with Crippen LogP contribution in [-0.2, 0) is 4.79 Å². The summed E-state index contributed by atoms with van der Waals surface area (Å²) in [6, 6.07) is 5.25. The molecule has 1 aromatic carbocycles. The maximum Gasteiger partial charge on any atom is 0.244 e. The number of hydrogen-bond donors (Lipinski definition) is 0. The van der Waals surface area contributed by atoms with E-state index in [9.17, 15) is 4.79 Å². The maximum atomic E-state index is 11.7. The maximum absolute atomic E-state index is 11.7. The van der Waals surface area contributed by atoms with Crippen LogP contribution < -0.4 is 4.74 Å². The minimum Gasteiger partial charge on any atom is -0.496 e. The first kappa shape index (κ1) is 13.5. The Balaban J connectivity index is 2.41. The molecule has 0 bridgehead atoms. The number of ether oxygens (including phenoxy) is 1. The Morgan fingerprint density at radius 1 is 1.50 bits per heavy atom. The van der Waals surface area contributed by atoms with E-state index >= 15 is 0 Å². The van der Waals surface area contributed by atoms with E-state index < -0.39 is 0 Å². The lowest BCUT2D eigenvalue weighted by molar-refractivity contribution is -0.107. The van der Waals surface area contributed by atoms with Crippen molar-refractivity contribution in [1.82, 2.24) is 0 Å². The fourth-order valence-electron chi connectivity index (χ4n) is 1.44. The number of methoxy groups -OCH3 is 1. The fraction of sp³-hybridized carbons (Fsp3) is 0.167. The van der Waals surface area contributed by atoms with E-state index in [0.29, 0.717) is 16.5 Å². The van der Waals surface area contributed by atoms with Gasteiger partial charge in [-0.25, -0.2) is 4.99 Å². The van der Waals surface area contributed by atoms with E-state index in [4.69, 9.17) is 16.3 Å². The van der Waals surface area contributed by atoms with Crippen LogP contribution in [0.15, 0.2) is 28.9 Å². The number of halogens is 1. The summed E-state index contributed by atoms with van der Waals surface area (Å²) in [4.78, 5) is 16.0. The third-order valence-corrected chi connectivity index (χ3v) is 4.35. The molecular weight excluding hydrogens is 290 g/mol. The second kappa shape index (κ2) is 5.82. The summed E-state index contributed by atoms with van der Waals surface area (Å²) in [6.07, 6.45) is 3.59. The molecule has 0 radical (unpaired) electrons. The molecule has 94 valence electrons. The Kier molecular flexibility index (Phi) is 4.37. The average Bonchev–Trinajstić information content (AvgIpc) is 2.71. The molecule has 2 rings (SSSR count). The van der Waals surface area contributed by atoms with Gasteiger partial charge in [0.05, 0.1) is 7.11 Å². The van der Waals surface area contributed by atoms with Crippen LogP contribution in [0.5, 0.6) is 5.75 Å². The number of benzene rings is 1. The molecule has 0 fully saturated rings. The van der Waals surface area contributed by atoms with Crippen LogP contribution in [-0.4, -0.2) is 22.9 Å². The molecule has 1 aliphatic rings. The van der Waals surface area contributed by atoms with Gasteiger partial charge in [0.25, 0.3) is 0 Å². The SMILES string of the molecule is COc1ccc(Cl)cc1C=C1N=C(SC)SC1=O. The molecule has 18 heavy (non-hydrogen) atoms. The zero-order chi connectivity index (χ0) is 13.1. The molecule has 1 heterocycles. The van der Waals surface area contributed by atoms with Gasteiger partial charge in [-0.3, -0.25) is 4.79 Å². The minimum absolute atomic E-state index is 0.0543. The summed E-state index contributed by atoms with van der Waals surface area (Å²) in [7, 11) is 1.58. The highest BCUT2D eigenvalue weighted by atomic mass is 35.5. The van der Waals surface area contributed by atoms with Gasteiger partial charge in [-0.15, -0.1) is 11.8 Å². The molecule has 0 unspecified atom stereocenters. The van der Waals surface area contributed by atoms with Gasteiger partial charge in [-0.1, -0.05) is 11.6 Å². The van der Waals surface area contributed by atoms with Crippen molar-refractivity contribution < 1.29 is 9.53 Å². The van der Waals surface area contributed by atoms with Crippen LogP contribution in [0.1, 0.15) is 5.56 Å². The number of hydrogen-bond acceptors (Lipinski definition) is 5. The second-order valence-corrected chi connectivity index (χ2v) is 5.84. The van der Waals surface area contributed by atoms with Crippen molar-refractivity contribution in [3.8, 4) is 5.75 Å².